The van der Waals surface area contributed by atoms with Crippen molar-refractivity contribution in [3.63, 3.8) is 0 Å². The summed E-state index contributed by atoms with van der Waals surface area (Å²) < 4.78 is 23.0. The zero-order chi connectivity index (χ0) is 61.2. The van der Waals surface area contributed by atoms with E-state index in [-0.39, 0.29) is 38.2 Å². The minimum atomic E-state index is -1.51. The molecule has 0 rings (SSSR count). The molecule has 0 aromatic heterocycles. The van der Waals surface area contributed by atoms with Gasteiger partial charge in [-0.15, -0.1) is 0 Å². The summed E-state index contributed by atoms with van der Waals surface area (Å²) in [6.45, 7) is 4.94. The molecule has 0 heterocycles. The summed E-state index contributed by atoms with van der Waals surface area (Å²) in [6, 6.07) is 0. The predicted octanol–water partition coefficient (Wildman–Crippen LogP) is 23.0. The Balaban J connectivity index is 3.98. The van der Waals surface area contributed by atoms with Crippen LogP contribution in [0.4, 0.5) is 0 Å². The van der Waals surface area contributed by atoms with Gasteiger partial charge in [-0.1, -0.05) is 346 Å². The monoisotopic (exact) mass is 1190 g/mol. The molecule has 0 aliphatic carbocycles. The lowest BCUT2D eigenvalue weighted by Gasteiger charge is -2.25. The van der Waals surface area contributed by atoms with Gasteiger partial charge in [-0.25, -0.2) is 4.79 Å². The van der Waals surface area contributed by atoms with Crippen molar-refractivity contribution in [3.8, 4) is 0 Å². The number of rotatable bonds is 70. The molecular weight excluding hydrogens is 1040 g/mol. The molecule has 496 valence electrons. The number of likely N-dealkylation sites (N-methyl/N-ethyl adjacent to an activating group) is 1. The summed E-state index contributed by atoms with van der Waals surface area (Å²) in [4.78, 5) is 37.6. The molecule has 0 aliphatic heterocycles. The van der Waals surface area contributed by atoms with E-state index in [1.807, 2.05) is 21.1 Å². The Kier molecular flexibility index (Phi) is 64.9. The quantitative estimate of drug-likeness (QED) is 0.0211. The van der Waals surface area contributed by atoms with Crippen LogP contribution in [0, 0.1) is 0 Å². The predicted molar refractivity (Wildman–Crippen MR) is 360 cm³/mol. The molecule has 9 heteroatoms. The van der Waals surface area contributed by atoms with Crippen LogP contribution in [0.1, 0.15) is 380 Å². The molecule has 0 bridgehead atoms. The van der Waals surface area contributed by atoms with Crippen LogP contribution >= 0.6 is 0 Å². The Morgan fingerprint density at radius 2 is 0.643 bits per heavy atom. The molecule has 0 amide bonds. The molecule has 0 fully saturated rings. The number of quaternary nitrogens is 1. The molecule has 0 aromatic rings. The van der Waals surface area contributed by atoms with Crippen LogP contribution in [0.25, 0.3) is 0 Å². The number of nitrogens with zero attached hydrogens (tertiary/aromatic N) is 1. The number of unbranched alkanes of at least 4 members (excludes halogenated alkanes) is 51. The maximum atomic E-state index is 12.9. The van der Waals surface area contributed by atoms with E-state index in [0.717, 1.165) is 44.9 Å². The second-order valence-corrected chi connectivity index (χ2v) is 26.6. The topological polar surface area (TPSA) is 108 Å². The van der Waals surface area contributed by atoms with Crippen LogP contribution in [0.5, 0.6) is 0 Å². The van der Waals surface area contributed by atoms with Crippen molar-refractivity contribution in [2.45, 2.75) is 392 Å². The van der Waals surface area contributed by atoms with Crippen molar-refractivity contribution < 1.29 is 42.9 Å². The third-order valence-corrected chi connectivity index (χ3v) is 17.0. The number of carbonyl (C=O) groups is 3. The first-order valence-electron chi connectivity index (χ1n) is 37.0. The van der Waals surface area contributed by atoms with Gasteiger partial charge in [0, 0.05) is 12.8 Å². The highest BCUT2D eigenvalue weighted by molar-refractivity contribution is 5.71. The molecular formula is C75H144NO8+. The fourth-order valence-electron chi connectivity index (χ4n) is 11.3. The Morgan fingerprint density at radius 3 is 0.940 bits per heavy atom. The molecule has 9 nitrogen and oxygen atoms in total. The van der Waals surface area contributed by atoms with Crippen LogP contribution < -0.4 is 0 Å². The maximum absolute atomic E-state index is 12.9. The van der Waals surface area contributed by atoms with E-state index in [4.69, 9.17) is 18.9 Å². The summed E-state index contributed by atoms with van der Waals surface area (Å²) in [5.41, 5.74) is 0. The number of carboxylic acids is 1. The molecule has 0 spiro atoms. The van der Waals surface area contributed by atoms with Gasteiger partial charge in [0.2, 0.25) is 0 Å². The van der Waals surface area contributed by atoms with Crippen LogP contribution in [0.2, 0.25) is 0 Å². The lowest BCUT2D eigenvalue weighted by Crippen LogP contribution is -2.40. The molecule has 0 aromatic carbocycles. The summed E-state index contributed by atoms with van der Waals surface area (Å²) in [5.74, 6) is -1.98. The molecule has 2 atom stereocenters. The molecule has 1 N–H and O–H groups in total. The van der Waals surface area contributed by atoms with Gasteiger partial charge < -0.3 is 28.5 Å². The summed E-state index contributed by atoms with van der Waals surface area (Å²) in [7, 11) is 5.99. The van der Waals surface area contributed by atoms with E-state index >= 15 is 0 Å². The maximum Gasteiger partial charge on any atom is 0.361 e. The highest BCUT2D eigenvalue weighted by atomic mass is 16.7. The van der Waals surface area contributed by atoms with E-state index < -0.39 is 18.4 Å². The first-order valence-corrected chi connectivity index (χ1v) is 37.0. The number of aliphatic carboxylic acids is 1. The Morgan fingerprint density at radius 1 is 0.357 bits per heavy atom. The lowest BCUT2D eigenvalue weighted by molar-refractivity contribution is -0.870. The van der Waals surface area contributed by atoms with Gasteiger partial charge in [-0.05, 0) is 44.9 Å². The van der Waals surface area contributed by atoms with Gasteiger partial charge in [0.05, 0.1) is 34.4 Å². The van der Waals surface area contributed by atoms with Crippen LogP contribution in [-0.2, 0) is 33.3 Å². The number of carboxylic acid groups (broad SMARTS) is 1. The fourth-order valence-corrected chi connectivity index (χ4v) is 11.3. The van der Waals surface area contributed by atoms with E-state index in [1.54, 1.807) is 0 Å². The first-order chi connectivity index (χ1) is 41.1. The second-order valence-electron chi connectivity index (χ2n) is 26.6. The average Bonchev–Trinajstić information content (AvgIpc) is 3.51. The number of carbonyl (C=O) groups excluding carboxylic acids is 2. The normalized spacial score (nSPS) is 12.7. The van der Waals surface area contributed by atoms with E-state index in [9.17, 15) is 19.5 Å². The van der Waals surface area contributed by atoms with Gasteiger partial charge in [0.1, 0.15) is 13.2 Å². The zero-order valence-corrected chi connectivity index (χ0v) is 56.8. The van der Waals surface area contributed by atoms with Crippen molar-refractivity contribution >= 4 is 17.9 Å². The SMILES string of the molecule is CCCCCCC/C=C\C/C=C\CCCCCCCCCCCCCC(=O)OC(COC(=O)CCCCCCCCCCCCCCCCCCCCCCCCCCCCCCCCCCCCCC)COC(OCC[N+](C)(C)C)C(=O)O. The number of allylic oxidation sites excluding steroid dienone is 4. The minimum Gasteiger partial charge on any atom is -0.477 e. The summed E-state index contributed by atoms with van der Waals surface area (Å²) >= 11 is 0. The highest BCUT2D eigenvalue weighted by Crippen LogP contribution is 2.19. The summed E-state index contributed by atoms with van der Waals surface area (Å²) in [6.07, 6.45) is 80.3. The van der Waals surface area contributed by atoms with Gasteiger partial charge in [-0.2, -0.15) is 0 Å². The first kappa shape index (κ1) is 81.8. The van der Waals surface area contributed by atoms with Crippen LogP contribution in [-0.4, -0.2) is 87.4 Å². The largest absolute Gasteiger partial charge is 0.477 e. The number of ether oxygens (including phenoxy) is 4. The standard InChI is InChI=1S/C75H143NO8/c1-6-8-10-12-14-16-18-20-22-24-26-28-30-31-32-33-34-35-36-37-38-39-40-41-42-44-45-47-49-51-53-55-57-59-61-63-65-72(77)82-69-71(70-83-75(74(79)80)81-68-67-76(3,4)5)84-73(78)66-64-62-60-58-56-54-52-50-48-46-43-29-27-25-23-21-19-17-15-13-11-9-7-2/h19,21,25,27,71,75H,6-18,20,22-24,26,28-70H2,1-5H3/p+1/b21-19-,27-25-. The van der Waals surface area contributed by atoms with Gasteiger partial charge in [0.25, 0.3) is 6.29 Å². The number of hydrogen-bond acceptors (Lipinski definition) is 7. The van der Waals surface area contributed by atoms with E-state index in [1.165, 1.54) is 308 Å². The third kappa shape index (κ3) is 67.3. The Labute approximate surface area is 522 Å². The molecule has 0 saturated carbocycles. The molecule has 2 unspecified atom stereocenters. The van der Waals surface area contributed by atoms with Crippen molar-refractivity contribution in [2.75, 3.05) is 47.5 Å². The number of hydrogen-bond donors (Lipinski definition) is 1. The van der Waals surface area contributed by atoms with Crippen molar-refractivity contribution in [3.05, 3.63) is 24.3 Å². The van der Waals surface area contributed by atoms with Gasteiger partial charge in [-0.3, -0.25) is 9.59 Å². The van der Waals surface area contributed by atoms with E-state index in [0.29, 0.717) is 17.4 Å². The van der Waals surface area contributed by atoms with Crippen molar-refractivity contribution in [2.24, 2.45) is 0 Å². The Hall–Kier alpha value is -2.23. The molecule has 0 saturated heterocycles. The lowest BCUT2D eigenvalue weighted by atomic mass is 10.0. The molecule has 0 radical (unpaired) electrons. The summed E-state index contributed by atoms with van der Waals surface area (Å²) in [5, 5.41) is 9.75. The zero-order valence-electron chi connectivity index (χ0n) is 56.8. The molecule has 84 heavy (non-hydrogen) atoms. The van der Waals surface area contributed by atoms with Gasteiger partial charge >= 0.3 is 17.9 Å². The fraction of sp³-hybridized carbons (Fsp3) is 0.907. The minimum absolute atomic E-state index is 0.177. The molecule has 0 aliphatic rings. The van der Waals surface area contributed by atoms with Crippen LogP contribution in [0.15, 0.2) is 24.3 Å². The number of esters is 2. The van der Waals surface area contributed by atoms with Crippen molar-refractivity contribution in [1.82, 2.24) is 0 Å². The second kappa shape index (κ2) is 66.7. The Bertz CT molecular complexity index is 1430. The van der Waals surface area contributed by atoms with Gasteiger partial charge in [0.15, 0.2) is 6.10 Å². The van der Waals surface area contributed by atoms with Crippen molar-refractivity contribution in [1.29, 1.82) is 0 Å². The average molecular weight is 1190 g/mol. The van der Waals surface area contributed by atoms with Crippen LogP contribution in [0.3, 0.4) is 0 Å². The third-order valence-electron chi connectivity index (χ3n) is 17.0. The highest BCUT2D eigenvalue weighted by Gasteiger charge is 2.25. The van der Waals surface area contributed by atoms with E-state index in [2.05, 4.69) is 38.2 Å². The smallest absolute Gasteiger partial charge is 0.361 e.